The molecule has 0 aromatic carbocycles. The lowest BCUT2D eigenvalue weighted by Gasteiger charge is -2.18. The van der Waals surface area contributed by atoms with E-state index in [1.165, 1.54) is 89.9 Å². The fraction of sp³-hybridized carbons (Fsp3) is 0.590. The number of esters is 3. The molecule has 0 spiro atoms. The van der Waals surface area contributed by atoms with Crippen molar-refractivity contribution in [2.45, 2.75) is 219 Å². The molecule has 376 valence electrons. The van der Waals surface area contributed by atoms with E-state index in [2.05, 4.69) is 87.6 Å². The summed E-state index contributed by atoms with van der Waals surface area (Å²) >= 11 is 0. The molecule has 0 aliphatic heterocycles. The van der Waals surface area contributed by atoms with Crippen molar-refractivity contribution in [1.29, 1.82) is 0 Å². The molecule has 6 heteroatoms. The number of unbranched alkanes of at least 4 members (excludes halogenated alkanes) is 17. The highest BCUT2D eigenvalue weighted by molar-refractivity contribution is 5.71. The fourth-order valence-corrected chi connectivity index (χ4v) is 6.85. The quantitative estimate of drug-likeness (QED) is 0.0199. The smallest absolute Gasteiger partial charge is 0.306 e. The summed E-state index contributed by atoms with van der Waals surface area (Å²) < 4.78 is 16.7. The molecular formula is C61H96O6. The Labute approximate surface area is 411 Å². The van der Waals surface area contributed by atoms with Gasteiger partial charge in [-0.1, -0.05) is 257 Å². The zero-order chi connectivity index (χ0) is 48.6. The lowest BCUT2D eigenvalue weighted by molar-refractivity contribution is -0.166. The molecule has 1 atom stereocenters. The third-order valence-electron chi connectivity index (χ3n) is 10.8. The first-order chi connectivity index (χ1) is 33.0. The number of carbonyl (C=O) groups excluding carboxylic acids is 3. The molecule has 67 heavy (non-hydrogen) atoms. The van der Waals surface area contributed by atoms with E-state index in [-0.39, 0.29) is 44.0 Å². The van der Waals surface area contributed by atoms with Crippen LogP contribution >= 0.6 is 0 Å². The molecule has 0 N–H and O–H groups in total. The predicted molar refractivity (Wildman–Crippen MR) is 288 cm³/mol. The Morgan fingerprint density at radius 2 is 0.687 bits per heavy atom. The van der Waals surface area contributed by atoms with Gasteiger partial charge < -0.3 is 14.2 Å². The van der Waals surface area contributed by atoms with Crippen LogP contribution in [-0.2, 0) is 28.6 Å². The van der Waals surface area contributed by atoms with Crippen molar-refractivity contribution in [2.24, 2.45) is 0 Å². The topological polar surface area (TPSA) is 78.9 Å². The van der Waals surface area contributed by atoms with Gasteiger partial charge in [-0.3, -0.25) is 14.4 Å². The van der Waals surface area contributed by atoms with E-state index < -0.39 is 6.10 Å². The van der Waals surface area contributed by atoms with Gasteiger partial charge in [0.1, 0.15) is 13.2 Å². The largest absolute Gasteiger partial charge is 0.462 e. The second-order valence-electron chi connectivity index (χ2n) is 17.2. The molecule has 0 heterocycles. The zero-order valence-electron chi connectivity index (χ0n) is 42.9. The van der Waals surface area contributed by atoms with Crippen molar-refractivity contribution >= 4 is 17.9 Å². The van der Waals surface area contributed by atoms with Crippen molar-refractivity contribution in [1.82, 2.24) is 0 Å². The van der Waals surface area contributed by atoms with Crippen LogP contribution in [-0.4, -0.2) is 37.2 Å². The molecule has 0 aliphatic carbocycles. The van der Waals surface area contributed by atoms with E-state index in [0.29, 0.717) is 19.3 Å². The van der Waals surface area contributed by atoms with E-state index in [1.807, 2.05) is 66.8 Å². The highest BCUT2D eigenvalue weighted by atomic mass is 16.6. The Morgan fingerprint density at radius 1 is 0.328 bits per heavy atom. The summed E-state index contributed by atoms with van der Waals surface area (Å²) in [6.45, 7) is 6.24. The van der Waals surface area contributed by atoms with E-state index in [0.717, 1.165) is 70.6 Å². The highest BCUT2D eigenvalue weighted by Crippen LogP contribution is 2.15. The average molecular weight is 925 g/mol. The predicted octanol–water partition coefficient (Wildman–Crippen LogP) is 17.9. The van der Waals surface area contributed by atoms with Gasteiger partial charge in [0.2, 0.25) is 0 Å². The molecule has 0 aromatic heterocycles. The number of ether oxygens (including phenoxy) is 3. The number of rotatable bonds is 46. The van der Waals surface area contributed by atoms with Crippen LogP contribution in [0.15, 0.2) is 134 Å². The van der Waals surface area contributed by atoms with Crippen LogP contribution < -0.4 is 0 Å². The number of carbonyl (C=O) groups is 3. The van der Waals surface area contributed by atoms with E-state index in [4.69, 9.17) is 14.2 Å². The maximum Gasteiger partial charge on any atom is 0.306 e. The van der Waals surface area contributed by atoms with Crippen molar-refractivity contribution in [2.75, 3.05) is 13.2 Å². The van der Waals surface area contributed by atoms with E-state index in [9.17, 15) is 14.4 Å². The van der Waals surface area contributed by atoms with Gasteiger partial charge in [0.05, 0.1) is 0 Å². The maximum atomic E-state index is 12.8. The molecule has 0 radical (unpaired) electrons. The lowest BCUT2D eigenvalue weighted by Crippen LogP contribution is -2.30. The second kappa shape index (κ2) is 54.2. The van der Waals surface area contributed by atoms with Crippen LogP contribution in [0.1, 0.15) is 213 Å². The Bertz CT molecular complexity index is 1480. The zero-order valence-corrected chi connectivity index (χ0v) is 42.9. The summed E-state index contributed by atoms with van der Waals surface area (Å²) in [5, 5.41) is 0. The first-order valence-electron chi connectivity index (χ1n) is 26.8. The third-order valence-corrected chi connectivity index (χ3v) is 10.8. The third kappa shape index (κ3) is 52.4. The summed E-state index contributed by atoms with van der Waals surface area (Å²) in [6, 6.07) is 0. The summed E-state index contributed by atoms with van der Waals surface area (Å²) in [7, 11) is 0. The van der Waals surface area contributed by atoms with Gasteiger partial charge in [0.15, 0.2) is 6.10 Å². The minimum absolute atomic E-state index is 0.141. The second-order valence-corrected chi connectivity index (χ2v) is 17.2. The molecular weight excluding hydrogens is 829 g/mol. The van der Waals surface area contributed by atoms with Gasteiger partial charge in [0, 0.05) is 19.3 Å². The number of hydrogen-bond donors (Lipinski definition) is 0. The van der Waals surface area contributed by atoms with Crippen LogP contribution in [0.4, 0.5) is 0 Å². The van der Waals surface area contributed by atoms with E-state index >= 15 is 0 Å². The van der Waals surface area contributed by atoms with Gasteiger partial charge in [-0.2, -0.15) is 0 Å². The van der Waals surface area contributed by atoms with Crippen molar-refractivity contribution in [3.63, 3.8) is 0 Å². The van der Waals surface area contributed by atoms with Gasteiger partial charge in [-0.05, 0) is 70.6 Å². The number of hydrogen-bond acceptors (Lipinski definition) is 6. The van der Waals surface area contributed by atoms with Crippen LogP contribution in [0, 0.1) is 0 Å². The molecule has 0 aromatic rings. The minimum Gasteiger partial charge on any atom is -0.462 e. The molecule has 0 saturated heterocycles. The van der Waals surface area contributed by atoms with Crippen molar-refractivity contribution < 1.29 is 28.6 Å². The Morgan fingerprint density at radius 3 is 1.13 bits per heavy atom. The first kappa shape index (κ1) is 62.5. The number of allylic oxidation sites excluding steroid dienone is 22. The molecule has 0 amide bonds. The van der Waals surface area contributed by atoms with Crippen molar-refractivity contribution in [3.8, 4) is 0 Å². The SMILES string of the molecule is CC/C=C/C=C/C=C/C=C/C=C/CCCC(=O)OCC(COC(=O)CC/C=C/C/C=C/C/C=C/C/C=C/C/C=C/C/C=C/CC)OC(=O)CCCCCCCCCCCCCCCCCCC. The molecule has 0 fully saturated rings. The summed E-state index contributed by atoms with van der Waals surface area (Å²) in [5.74, 6) is -1.10. The van der Waals surface area contributed by atoms with Gasteiger partial charge in [-0.25, -0.2) is 0 Å². The Kier molecular flexibility index (Phi) is 50.6. The average Bonchev–Trinajstić information content (AvgIpc) is 3.33. The van der Waals surface area contributed by atoms with Crippen molar-refractivity contribution in [3.05, 3.63) is 134 Å². The summed E-state index contributed by atoms with van der Waals surface area (Å²) in [6.07, 6.45) is 76.0. The molecule has 0 bridgehead atoms. The highest BCUT2D eigenvalue weighted by Gasteiger charge is 2.19. The van der Waals surface area contributed by atoms with Gasteiger partial charge in [-0.15, -0.1) is 0 Å². The monoisotopic (exact) mass is 925 g/mol. The standard InChI is InChI=1S/C61H96O6/c1-4-7-10-13-16-19-22-25-27-29-30-32-33-36-39-42-45-48-51-54-60(63)66-57-58(56-65-59(62)53-50-47-44-41-38-35-24-21-18-15-12-9-6-3)67-61(64)55-52-49-46-43-40-37-34-31-28-26-23-20-17-14-11-8-5-2/h7,9-10,12,15-16,18-19,21,24-25,27,30,32,35-36,38-39,41,44-45,48,58H,4-6,8,11,13-14,17,20,22-23,26,28-29,31,33-34,37,40,42-43,46-47,49-57H2,1-3H3/b10-7+,12-9+,18-15+,19-16+,24-21+,27-25+,32-30+,38-35+,39-36+,44-41+,48-45+. The van der Waals surface area contributed by atoms with Crippen LogP contribution in [0.3, 0.4) is 0 Å². The summed E-state index contributed by atoms with van der Waals surface area (Å²) in [4.78, 5) is 38.0. The van der Waals surface area contributed by atoms with Gasteiger partial charge in [0.25, 0.3) is 0 Å². The van der Waals surface area contributed by atoms with Crippen LogP contribution in [0.2, 0.25) is 0 Å². The van der Waals surface area contributed by atoms with Crippen LogP contribution in [0.5, 0.6) is 0 Å². The van der Waals surface area contributed by atoms with E-state index in [1.54, 1.807) is 0 Å². The lowest BCUT2D eigenvalue weighted by atomic mass is 10.0. The molecule has 6 nitrogen and oxygen atoms in total. The Hall–Kier alpha value is -4.45. The minimum atomic E-state index is -0.840. The fourth-order valence-electron chi connectivity index (χ4n) is 6.85. The molecule has 0 rings (SSSR count). The van der Waals surface area contributed by atoms with Gasteiger partial charge >= 0.3 is 17.9 Å². The molecule has 0 saturated carbocycles. The normalized spacial score (nSPS) is 13.2. The maximum absolute atomic E-state index is 12.8. The summed E-state index contributed by atoms with van der Waals surface area (Å²) in [5.41, 5.74) is 0. The first-order valence-corrected chi connectivity index (χ1v) is 26.8. The Balaban J connectivity index is 4.58. The van der Waals surface area contributed by atoms with Crippen LogP contribution in [0.25, 0.3) is 0 Å². The molecule has 1 unspecified atom stereocenters. The molecule has 0 aliphatic rings.